The topological polar surface area (TPSA) is 194 Å². The SMILES string of the molecule is O=C1CCC(N2C(=O)c3ccc(OCCCCCN4CCC(O)CC4)cc3C2=O)C(=O)N1.O=[N+]([O-])c1cnc2c(c1)Sc1cc(OC3CCC3)ccc1N2. The number of ether oxygens (including phenoxy) is 2. The number of imide groups is 2. The van der Waals surface area contributed by atoms with E-state index in [-0.39, 0.29) is 35.8 Å². The van der Waals surface area contributed by atoms with Crippen molar-refractivity contribution in [2.45, 2.75) is 92.2 Å². The van der Waals surface area contributed by atoms with Gasteiger partial charge in [-0.1, -0.05) is 11.8 Å². The van der Waals surface area contributed by atoms with Crippen LogP contribution in [0.5, 0.6) is 11.5 Å². The van der Waals surface area contributed by atoms with Crippen LogP contribution in [-0.2, 0) is 9.59 Å². The molecule has 15 nitrogen and oxygen atoms in total. The van der Waals surface area contributed by atoms with Crippen LogP contribution in [0.4, 0.5) is 17.2 Å². The molecule has 2 saturated heterocycles. The summed E-state index contributed by atoms with van der Waals surface area (Å²) in [4.78, 5) is 68.7. The van der Waals surface area contributed by atoms with E-state index in [1.165, 1.54) is 24.4 Å². The average molecular weight is 759 g/mol. The van der Waals surface area contributed by atoms with Gasteiger partial charge in [0.05, 0.1) is 45.4 Å². The molecule has 5 heterocycles. The number of rotatable bonds is 11. The van der Waals surface area contributed by atoms with Gasteiger partial charge in [-0.15, -0.1) is 0 Å². The Hall–Kier alpha value is -5.06. The Morgan fingerprint density at radius 2 is 1.67 bits per heavy atom. The molecule has 3 aromatic rings. The first-order chi connectivity index (χ1) is 26.1. The summed E-state index contributed by atoms with van der Waals surface area (Å²) >= 11 is 1.47. The number of unbranched alkanes of at least 4 members (excludes halogenated alkanes) is 2. The number of piperidine rings is 2. The number of aliphatic hydroxyl groups excluding tert-OH is 1. The third-order valence-electron chi connectivity index (χ3n) is 10.2. The van der Waals surface area contributed by atoms with Gasteiger partial charge < -0.3 is 24.8 Å². The number of pyridine rings is 1. The number of carbonyl (C=O) groups excluding carboxylic acids is 4. The number of carbonyl (C=O) groups is 4. The van der Waals surface area contributed by atoms with E-state index in [4.69, 9.17) is 9.47 Å². The second-order valence-electron chi connectivity index (χ2n) is 14.0. The zero-order valence-corrected chi connectivity index (χ0v) is 30.5. The summed E-state index contributed by atoms with van der Waals surface area (Å²) < 4.78 is 11.7. The Balaban J connectivity index is 0.000000178. The van der Waals surface area contributed by atoms with Crippen molar-refractivity contribution in [3.05, 3.63) is 69.9 Å². The van der Waals surface area contributed by atoms with Crippen LogP contribution in [0.15, 0.2) is 58.5 Å². The van der Waals surface area contributed by atoms with Crippen molar-refractivity contribution in [2.24, 2.45) is 0 Å². The van der Waals surface area contributed by atoms with Gasteiger partial charge in [0.2, 0.25) is 11.8 Å². The number of likely N-dealkylation sites (tertiary alicyclic amines) is 1. The summed E-state index contributed by atoms with van der Waals surface area (Å²) in [6.45, 7) is 3.44. The Labute approximate surface area is 315 Å². The second kappa shape index (κ2) is 16.5. The number of aromatic nitrogens is 1. The van der Waals surface area contributed by atoms with Crippen molar-refractivity contribution in [2.75, 3.05) is 31.6 Å². The zero-order valence-electron chi connectivity index (χ0n) is 29.7. The first-order valence-electron chi connectivity index (χ1n) is 18.4. The number of aliphatic hydroxyl groups is 1. The van der Waals surface area contributed by atoms with E-state index < -0.39 is 34.6 Å². The van der Waals surface area contributed by atoms with Crippen LogP contribution in [-0.4, -0.2) is 92.9 Å². The molecule has 5 aliphatic rings. The summed E-state index contributed by atoms with van der Waals surface area (Å²) in [7, 11) is 0. The van der Waals surface area contributed by atoms with Crippen LogP contribution in [0.3, 0.4) is 0 Å². The van der Waals surface area contributed by atoms with E-state index in [9.17, 15) is 34.4 Å². The summed E-state index contributed by atoms with van der Waals surface area (Å²) in [5, 5.41) is 25.8. The molecule has 1 saturated carbocycles. The van der Waals surface area contributed by atoms with Crippen molar-refractivity contribution in [3.8, 4) is 11.5 Å². The lowest BCUT2D eigenvalue weighted by molar-refractivity contribution is -0.385. The summed E-state index contributed by atoms with van der Waals surface area (Å²) in [5.41, 5.74) is 1.42. The number of anilines is 2. The molecule has 0 bridgehead atoms. The number of hydrogen-bond acceptors (Lipinski definition) is 13. The summed E-state index contributed by atoms with van der Waals surface area (Å²) in [6, 6.07) is 11.2. The van der Waals surface area contributed by atoms with Gasteiger partial charge >= 0.3 is 0 Å². The maximum absolute atomic E-state index is 12.8. The monoisotopic (exact) mass is 758 g/mol. The van der Waals surface area contributed by atoms with E-state index >= 15 is 0 Å². The molecular formula is C38H42N6O9S. The van der Waals surface area contributed by atoms with Crippen molar-refractivity contribution in [1.82, 2.24) is 20.1 Å². The number of nitrogens with one attached hydrogen (secondary N) is 2. The lowest BCUT2D eigenvalue weighted by Crippen LogP contribution is -2.54. The first kappa shape index (κ1) is 37.3. The molecule has 16 heteroatoms. The highest BCUT2D eigenvalue weighted by Gasteiger charge is 2.44. The lowest BCUT2D eigenvalue weighted by Gasteiger charge is -2.29. The minimum absolute atomic E-state index is 0.00151. The largest absolute Gasteiger partial charge is 0.494 e. The van der Waals surface area contributed by atoms with Gasteiger partial charge in [0.15, 0.2) is 0 Å². The summed E-state index contributed by atoms with van der Waals surface area (Å²) in [6.07, 6.45) is 9.80. The first-order valence-corrected chi connectivity index (χ1v) is 19.2. The van der Waals surface area contributed by atoms with Crippen LogP contribution in [0.1, 0.15) is 84.9 Å². The molecule has 1 unspecified atom stereocenters. The van der Waals surface area contributed by atoms with E-state index in [1.807, 2.05) is 18.2 Å². The standard InChI is InChI=1S/C23H29N3O6.C15H13N3O3S/c27-15-8-11-25(12-9-15)10-2-1-3-13-32-16-4-5-17-18(14-16)23(31)26(22(17)30)19-6-7-20(28)24-21(19)29;19-18(20)9-6-14-15(16-8-9)17-12-5-4-11(7-13(12)22-14)21-10-2-1-3-10/h4-5,14-15,19,27H,1-3,6-13H2,(H,24,28,29);4-8,10H,1-3H2,(H,16,17). The van der Waals surface area contributed by atoms with E-state index in [2.05, 4.69) is 20.5 Å². The van der Waals surface area contributed by atoms with Crippen LogP contribution >= 0.6 is 11.8 Å². The Bertz CT molecular complexity index is 1950. The summed E-state index contributed by atoms with van der Waals surface area (Å²) in [5.74, 6) is -0.0514. The number of nitrogens with zero attached hydrogens (tertiary/aromatic N) is 4. The van der Waals surface area contributed by atoms with Gasteiger partial charge in [0, 0.05) is 30.5 Å². The molecule has 1 atom stereocenters. The molecule has 54 heavy (non-hydrogen) atoms. The molecule has 4 amide bonds. The molecule has 284 valence electrons. The minimum atomic E-state index is -0.965. The van der Waals surface area contributed by atoms with Crippen molar-refractivity contribution >= 4 is 52.6 Å². The Morgan fingerprint density at radius 3 is 2.41 bits per heavy atom. The van der Waals surface area contributed by atoms with Crippen LogP contribution < -0.4 is 20.1 Å². The van der Waals surface area contributed by atoms with Crippen LogP contribution in [0, 0.1) is 10.1 Å². The zero-order chi connectivity index (χ0) is 37.8. The molecule has 0 radical (unpaired) electrons. The molecule has 4 aliphatic heterocycles. The van der Waals surface area contributed by atoms with E-state index in [0.29, 0.717) is 24.3 Å². The molecule has 0 spiro atoms. The Kier molecular flexibility index (Phi) is 11.4. The van der Waals surface area contributed by atoms with Gasteiger partial charge in [0.1, 0.15) is 29.6 Å². The fourth-order valence-corrected chi connectivity index (χ4v) is 7.90. The highest BCUT2D eigenvalue weighted by molar-refractivity contribution is 7.99. The molecule has 1 aromatic heterocycles. The van der Waals surface area contributed by atoms with Crippen LogP contribution in [0.25, 0.3) is 0 Å². The van der Waals surface area contributed by atoms with E-state index in [0.717, 1.165) is 90.7 Å². The molecular weight excluding hydrogens is 717 g/mol. The van der Waals surface area contributed by atoms with Gasteiger partial charge in [-0.25, -0.2) is 4.98 Å². The second-order valence-corrected chi connectivity index (χ2v) is 15.1. The van der Waals surface area contributed by atoms with Gasteiger partial charge in [-0.05, 0) is 101 Å². The normalized spacial score (nSPS) is 19.7. The highest BCUT2D eigenvalue weighted by atomic mass is 32.2. The smallest absolute Gasteiger partial charge is 0.288 e. The highest BCUT2D eigenvalue weighted by Crippen LogP contribution is 2.45. The fourth-order valence-electron chi connectivity index (χ4n) is 6.88. The number of hydrogen-bond donors (Lipinski definition) is 3. The number of nitro groups is 1. The molecule has 8 rings (SSSR count). The van der Waals surface area contributed by atoms with Crippen molar-refractivity contribution < 1.29 is 38.7 Å². The minimum Gasteiger partial charge on any atom is -0.494 e. The molecule has 3 fully saturated rings. The number of amides is 4. The van der Waals surface area contributed by atoms with Crippen molar-refractivity contribution in [1.29, 1.82) is 0 Å². The Morgan fingerprint density at radius 1 is 0.889 bits per heavy atom. The quantitative estimate of drug-likeness (QED) is 0.0781. The number of fused-ring (bicyclic) bond motifs is 3. The fraction of sp³-hybridized carbons (Fsp3) is 0.447. The molecule has 1 aliphatic carbocycles. The van der Waals surface area contributed by atoms with Crippen LogP contribution in [0.2, 0.25) is 0 Å². The number of benzene rings is 2. The van der Waals surface area contributed by atoms with Gasteiger partial charge in [-0.2, -0.15) is 0 Å². The maximum atomic E-state index is 12.8. The van der Waals surface area contributed by atoms with Gasteiger partial charge in [0.25, 0.3) is 17.5 Å². The predicted molar refractivity (Wildman–Crippen MR) is 197 cm³/mol. The third kappa shape index (κ3) is 8.50. The predicted octanol–water partition coefficient (Wildman–Crippen LogP) is 5.22. The van der Waals surface area contributed by atoms with Gasteiger partial charge in [-0.3, -0.25) is 39.5 Å². The van der Waals surface area contributed by atoms with E-state index in [1.54, 1.807) is 24.3 Å². The molecule has 3 N–H and O–H groups in total. The van der Waals surface area contributed by atoms with Crippen molar-refractivity contribution in [3.63, 3.8) is 0 Å². The lowest BCUT2D eigenvalue weighted by atomic mass is 9.96. The molecule has 2 aromatic carbocycles. The average Bonchev–Trinajstić information content (AvgIpc) is 3.39. The maximum Gasteiger partial charge on any atom is 0.288 e. The third-order valence-corrected chi connectivity index (χ3v) is 11.3.